The zero-order chi connectivity index (χ0) is 17.4. The lowest BCUT2D eigenvalue weighted by Gasteiger charge is -2.26. The molecule has 0 saturated heterocycles. The number of thiophene rings is 1. The van der Waals surface area contributed by atoms with Gasteiger partial charge in [-0.2, -0.15) is 0 Å². The monoisotopic (exact) mass is 362 g/mol. The smallest absolute Gasteiger partial charge is 0.248 e. The number of amides is 1. The van der Waals surface area contributed by atoms with Gasteiger partial charge < -0.3 is 15.7 Å². The van der Waals surface area contributed by atoms with Gasteiger partial charge in [0.25, 0.3) is 0 Å². The van der Waals surface area contributed by atoms with Gasteiger partial charge in [0.15, 0.2) is 0 Å². The first kappa shape index (κ1) is 17.0. The highest BCUT2D eigenvalue weighted by Crippen LogP contribution is 2.43. The molecule has 126 valence electrons. The first-order valence-corrected chi connectivity index (χ1v) is 8.87. The Morgan fingerprint density at radius 1 is 1.58 bits per heavy atom. The van der Waals surface area contributed by atoms with E-state index in [2.05, 4.69) is 6.58 Å². The van der Waals surface area contributed by atoms with E-state index in [-0.39, 0.29) is 5.91 Å². The van der Waals surface area contributed by atoms with E-state index in [1.807, 2.05) is 13.0 Å². The molecule has 1 aromatic heterocycles. The summed E-state index contributed by atoms with van der Waals surface area (Å²) in [5.74, 6) is -0.240. The second kappa shape index (κ2) is 6.59. The average molecular weight is 363 g/mol. The Morgan fingerprint density at radius 2 is 2.33 bits per heavy atom. The van der Waals surface area contributed by atoms with Gasteiger partial charge in [-0.1, -0.05) is 18.2 Å². The van der Waals surface area contributed by atoms with Crippen molar-refractivity contribution in [2.45, 2.75) is 19.9 Å². The summed E-state index contributed by atoms with van der Waals surface area (Å²) in [5, 5.41) is 11.0. The highest BCUT2D eigenvalue weighted by Gasteiger charge is 2.26. The Kier molecular flexibility index (Phi) is 4.67. The summed E-state index contributed by atoms with van der Waals surface area (Å²) < 4.78 is 1.03. The zero-order valence-electron chi connectivity index (χ0n) is 13.4. The summed E-state index contributed by atoms with van der Waals surface area (Å²) in [4.78, 5) is 14.6. The van der Waals surface area contributed by atoms with Gasteiger partial charge in [-0.25, -0.2) is 0 Å². The van der Waals surface area contributed by atoms with Gasteiger partial charge in [0, 0.05) is 16.8 Å². The van der Waals surface area contributed by atoms with Crippen LogP contribution in [0.2, 0.25) is 5.02 Å². The molecule has 1 amide bonds. The summed E-state index contributed by atoms with van der Waals surface area (Å²) in [6, 6.07) is 2.05. The number of allylic oxidation sites excluding steroid dienone is 2. The molecule has 1 aliphatic heterocycles. The fraction of sp³-hybridized carbons (Fsp3) is 0.278. The van der Waals surface area contributed by atoms with Crippen LogP contribution >= 0.6 is 22.9 Å². The Labute approximate surface area is 149 Å². The van der Waals surface area contributed by atoms with Crippen LogP contribution < -0.4 is 5.73 Å². The summed E-state index contributed by atoms with van der Waals surface area (Å²) in [6.45, 7) is 6.76. The summed E-state index contributed by atoms with van der Waals surface area (Å²) in [6.07, 6.45) is 4.02. The lowest BCUT2D eigenvalue weighted by molar-refractivity contribution is -0.135. The molecule has 4 nitrogen and oxygen atoms in total. The lowest BCUT2D eigenvalue weighted by atomic mass is 9.94. The Bertz CT molecular complexity index is 870. The molecule has 0 saturated carbocycles. The minimum atomic E-state index is -0.455. The highest BCUT2D eigenvalue weighted by atomic mass is 35.5. The van der Waals surface area contributed by atoms with E-state index < -0.39 is 6.61 Å². The van der Waals surface area contributed by atoms with Crippen LogP contribution in [0.4, 0.5) is 0 Å². The van der Waals surface area contributed by atoms with Crippen LogP contribution in [0.5, 0.6) is 0 Å². The number of hydrogen-bond donors (Lipinski definition) is 2. The summed E-state index contributed by atoms with van der Waals surface area (Å²) in [7, 11) is 0. The quantitative estimate of drug-likeness (QED) is 0.824. The van der Waals surface area contributed by atoms with Crippen molar-refractivity contribution in [2.24, 2.45) is 5.73 Å². The van der Waals surface area contributed by atoms with Crippen molar-refractivity contribution < 1.29 is 9.90 Å². The molecule has 0 bridgehead atoms. The molecule has 2 aromatic rings. The van der Waals surface area contributed by atoms with Crippen LogP contribution in [0.15, 0.2) is 24.9 Å². The van der Waals surface area contributed by atoms with E-state index >= 15 is 0 Å². The first-order valence-electron chi connectivity index (χ1n) is 7.67. The number of aliphatic hydroxyl groups is 1. The fourth-order valence-corrected chi connectivity index (χ4v) is 4.79. The molecule has 0 atom stereocenters. The van der Waals surface area contributed by atoms with E-state index in [1.165, 1.54) is 11.8 Å². The molecule has 3 N–H and O–H groups in total. The van der Waals surface area contributed by atoms with E-state index in [0.717, 1.165) is 43.1 Å². The van der Waals surface area contributed by atoms with E-state index in [0.29, 0.717) is 13.1 Å². The maximum absolute atomic E-state index is 11.8. The number of hydrogen-bond acceptors (Lipinski definition) is 4. The molecule has 1 aromatic carbocycles. The molecular weight excluding hydrogens is 344 g/mol. The number of rotatable bonds is 3. The van der Waals surface area contributed by atoms with Crippen LogP contribution in [0, 0.1) is 6.92 Å². The molecule has 0 fully saturated rings. The fourth-order valence-electron chi connectivity index (χ4n) is 3.15. The van der Waals surface area contributed by atoms with Gasteiger partial charge in [-0.05, 0) is 54.0 Å². The molecular formula is C18H19ClN2O2S. The number of nitrogens with two attached hydrogens (primary N) is 1. The third-order valence-electron chi connectivity index (χ3n) is 4.36. The van der Waals surface area contributed by atoms with Crippen LogP contribution in [-0.2, 0) is 17.8 Å². The van der Waals surface area contributed by atoms with Gasteiger partial charge in [0.1, 0.15) is 6.61 Å². The number of aliphatic hydroxyl groups excluding tert-OH is 1. The predicted molar refractivity (Wildman–Crippen MR) is 100 cm³/mol. The molecule has 0 spiro atoms. The van der Waals surface area contributed by atoms with Crippen molar-refractivity contribution >= 4 is 44.5 Å². The number of carbonyl (C=O) groups is 1. The number of carbonyl (C=O) groups excluding carboxylic acids is 1. The third-order valence-corrected chi connectivity index (χ3v) is 6.20. The highest BCUT2D eigenvalue weighted by molar-refractivity contribution is 7.20. The van der Waals surface area contributed by atoms with Gasteiger partial charge in [-0.3, -0.25) is 4.79 Å². The second-order valence-electron chi connectivity index (χ2n) is 5.87. The number of nitrogens with zero attached hydrogens (tertiary/aromatic N) is 1. The van der Waals surface area contributed by atoms with Crippen molar-refractivity contribution in [1.82, 2.24) is 4.90 Å². The minimum Gasteiger partial charge on any atom is -0.405 e. The average Bonchev–Trinajstić information content (AvgIpc) is 2.96. The maximum Gasteiger partial charge on any atom is 0.248 e. The Hall–Kier alpha value is -1.82. The van der Waals surface area contributed by atoms with Crippen molar-refractivity contribution in [3.05, 3.63) is 51.5 Å². The lowest BCUT2D eigenvalue weighted by Crippen LogP contribution is -2.37. The molecule has 0 aliphatic carbocycles. The second-order valence-corrected chi connectivity index (χ2v) is 7.35. The summed E-state index contributed by atoms with van der Waals surface area (Å²) >= 11 is 8.16. The molecule has 0 unspecified atom stereocenters. The minimum absolute atomic E-state index is 0.240. The van der Waals surface area contributed by atoms with Gasteiger partial charge in [0.05, 0.1) is 16.3 Å². The maximum atomic E-state index is 11.8. The molecule has 6 heteroatoms. The third kappa shape index (κ3) is 2.73. The van der Waals surface area contributed by atoms with Gasteiger partial charge in [-0.15, -0.1) is 11.3 Å². The van der Waals surface area contributed by atoms with E-state index in [4.69, 9.17) is 22.4 Å². The van der Waals surface area contributed by atoms with Crippen molar-refractivity contribution in [3.63, 3.8) is 0 Å². The van der Waals surface area contributed by atoms with Crippen LogP contribution in [0.25, 0.3) is 15.7 Å². The standard InChI is InChI=1S/C18H19ClN2O2S/c1-10(3-5-20)13-7-11(2)17(19)18-16(13)12-4-6-21(15(23)9-22)8-14(12)24-18/h3,5,7,22H,1,4,6,8-9,20H2,2H3/b5-3-. The molecule has 24 heavy (non-hydrogen) atoms. The molecule has 3 rings (SSSR count). The SMILES string of the molecule is C=C(/C=C\N)c1cc(C)c(Cl)c2sc3c(c12)CCN(C(=O)CO)C3. The van der Waals surface area contributed by atoms with Crippen LogP contribution in [0.1, 0.15) is 21.6 Å². The topological polar surface area (TPSA) is 66.6 Å². The van der Waals surface area contributed by atoms with Crippen LogP contribution in [0.3, 0.4) is 0 Å². The Balaban J connectivity index is 2.19. The number of aryl methyl sites for hydroxylation is 1. The Morgan fingerprint density at radius 3 is 3.00 bits per heavy atom. The first-order chi connectivity index (χ1) is 11.5. The zero-order valence-corrected chi connectivity index (χ0v) is 15.0. The molecule has 1 aliphatic rings. The van der Waals surface area contributed by atoms with Gasteiger partial charge >= 0.3 is 0 Å². The van der Waals surface area contributed by atoms with Gasteiger partial charge in [0.2, 0.25) is 5.91 Å². The largest absolute Gasteiger partial charge is 0.405 e. The van der Waals surface area contributed by atoms with E-state index in [9.17, 15) is 4.79 Å². The van der Waals surface area contributed by atoms with Crippen molar-refractivity contribution in [2.75, 3.05) is 13.2 Å². The summed E-state index contributed by atoms with van der Waals surface area (Å²) in [5.41, 5.74) is 9.62. The number of benzene rings is 1. The molecule has 0 radical (unpaired) electrons. The van der Waals surface area contributed by atoms with Crippen molar-refractivity contribution in [1.29, 1.82) is 0 Å². The predicted octanol–water partition coefficient (Wildman–Crippen LogP) is 3.23. The van der Waals surface area contributed by atoms with Crippen molar-refractivity contribution in [3.8, 4) is 0 Å². The number of halogens is 1. The van der Waals surface area contributed by atoms with E-state index in [1.54, 1.807) is 22.3 Å². The number of fused-ring (bicyclic) bond motifs is 3. The molecule has 2 heterocycles. The normalized spacial score (nSPS) is 14.4. The van der Waals surface area contributed by atoms with Crippen LogP contribution in [-0.4, -0.2) is 29.1 Å².